The summed E-state index contributed by atoms with van der Waals surface area (Å²) in [5.41, 5.74) is 0.276. The fourth-order valence-corrected chi connectivity index (χ4v) is 5.40. The van der Waals surface area contributed by atoms with Gasteiger partial charge >= 0.3 is 0 Å². The highest BCUT2D eigenvalue weighted by atomic mass is 32.2. The number of aliphatic imine (C=N–C) groups is 1. The fraction of sp³-hybridized carbons (Fsp3) is 0.824. The molecule has 3 aliphatic rings. The minimum Gasteiger partial charge on any atom is -0.354 e. The van der Waals surface area contributed by atoms with Crippen LogP contribution in [0.1, 0.15) is 12.8 Å². The monoisotopic (exact) mass is 337 g/mol. The molecule has 0 aromatic rings. The molecule has 0 aromatic carbocycles. The van der Waals surface area contributed by atoms with E-state index in [-0.39, 0.29) is 5.54 Å². The van der Waals surface area contributed by atoms with Crippen LogP contribution in [0.2, 0.25) is 0 Å². The second-order valence-electron chi connectivity index (χ2n) is 7.14. The van der Waals surface area contributed by atoms with Crippen molar-refractivity contribution in [3.05, 3.63) is 12.2 Å². The van der Waals surface area contributed by atoms with Gasteiger partial charge < -0.3 is 15.1 Å². The molecule has 2 atom stereocenters. The van der Waals surface area contributed by atoms with Crippen molar-refractivity contribution in [1.82, 2.24) is 20.0 Å². The summed E-state index contributed by atoms with van der Waals surface area (Å²) in [6, 6.07) is 0.674. The number of hydrogen-bond donors (Lipinski definition) is 1. The summed E-state index contributed by atoms with van der Waals surface area (Å²) in [5.74, 6) is 3.57. The Labute approximate surface area is 145 Å². The normalized spacial score (nSPS) is 32.4. The van der Waals surface area contributed by atoms with Crippen molar-refractivity contribution >= 4 is 17.7 Å². The van der Waals surface area contributed by atoms with Crippen molar-refractivity contribution < 1.29 is 0 Å². The van der Waals surface area contributed by atoms with Crippen molar-refractivity contribution in [2.45, 2.75) is 24.4 Å². The van der Waals surface area contributed by atoms with Crippen LogP contribution in [0.3, 0.4) is 0 Å². The van der Waals surface area contributed by atoms with Gasteiger partial charge in [-0.1, -0.05) is 12.2 Å². The number of guanidine groups is 1. The zero-order valence-electron chi connectivity index (χ0n) is 14.8. The van der Waals surface area contributed by atoms with Gasteiger partial charge in [0.25, 0.3) is 0 Å². The summed E-state index contributed by atoms with van der Waals surface area (Å²) in [6.45, 7) is 5.44. The number of thioether (sulfide) groups is 1. The summed E-state index contributed by atoms with van der Waals surface area (Å²) in [6.07, 6.45) is 7.08. The van der Waals surface area contributed by atoms with Crippen LogP contribution in [0, 0.1) is 0 Å². The lowest BCUT2D eigenvalue weighted by Gasteiger charge is -2.37. The van der Waals surface area contributed by atoms with E-state index in [1.165, 1.54) is 24.3 Å². The van der Waals surface area contributed by atoms with E-state index >= 15 is 0 Å². The van der Waals surface area contributed by atoms with Gasteiger partial charge in [0.05, 0.1) is 0 Å². The summed E-state index contributed by atoms with van der Waals surface area (Å²) >= 11 is 2.07. The SMILES string of the molecule is CN=C(NCC1(N(C)C)CCSC1)N1CCC(N2CC=CC2)C1. The molecule has 0 spiro atoms. The first-order chi connectivity index (χ1) is 11.1. The highest BCUT2D eigenvalue weighted by Gasteiger charge is 2.37. The van der Waals surface area contributed by atoms with E-state index in [4.69, 9.17) is 0 Å². The first-order valence-corrected chi connectivity index (χ1v) is 9.90. The van der Waals surface area contributed by atoms with Gasteiger partial charge in [0.2, 0.25) is 0 Å². The predicted octanol–water partition coefficient (Wildman–Crippen LogP) is 0.945. The maximum atomic E-state index is 4.55. The van der Waals surface area contributed by atoms with E-state index in [9.17, 15) is 0 Å². The van der Waals surface area contributed by atoms with Gasteiger partial charge in [-0.05, 0) is 32.7 Å². The van der Waals surface area contributed by atoms with Crippen molar-refractivity contribution in [1.29, 1.82) is 0 Å². The van der Waals surface area contributed by atoms with E-state index in [1.807, 2.05) is 7.05 Å². The summed E-state index contributed by atoms with van der Waals surface area (Å²) < 4.78 is 0. The lowest BCUT2D eigenvalue weighted by molar-refractivity contribution is 0.181. The fourth-order valence-electron chi connectivity index (χ4n) is 3.85. The molecule has 3 rings (SSSR count). The number of likely N-dealkylation sites (N-methyl/N-ethyl adjacent to an activating group) is 1. The summed E-state index contributed by atoms with van der Waals surface area (Å²) in [7, 11) is 6.34. The molecule has 2 unspecified atom stereocenters. The number of nitrogens with one attached hydrogen (secondary N) is 1. The van der Waals surface area contributed by atoms with E-state index in [0.29, 0.717) is 6.04 Å². The Hall–Kier alpha value is -0.720. The Bertz CT molecular complexity index is 448. The van der Waals surface area contributed by atoms with E-state index in [0.717, 1.165) is 38.7 Å². The minimum absolute atomic E-state index is 0.276. The van der Waals surface area contributed by atoms with Crippen LogP contribution in [-0.4, -0.2) is 97.6 Å². The highest BCUT2D eigenvalue weighted by molar-refractivity contribution is 7.99. The van der Waals surface area contributed by atoms with Gasteiger partial charge in [0.15, 0.2) is 5.96 Å². The van der Waals surface area contributed by atoms with Crippen molar-refractivity contribution in [3.63, 3.8) is 0 Å². The van der Waals surface area contributed by atoms with Crippen LogP contribution in [0.25, 0.3) is 0 Å². The average Bonchev–Trinajstić information content (AvgIpc) is 3.29. The molecular weight excluding hydrogens is 306 g/mol. The van der Waals surface area contributed by atoms with Crippen LogP contribution in [0.5, 0.6) is 0 Å². The number of hydrogen-bond acceptors (Lipinski definition) is 4. The molecule has 0 bridgehead atoms. The van der Waals surface area contributed by atoms with E-state index in [1.54, 1.807) is 0 Å². The third-order valence-corrected chi connectivity index (χ3v) is 6.88. The largest absolute Gasteiger partial charge is 0.354 e. The molecule has 2 fully saturated rings. The van der Waals surface area contributed by atoms with E-state index < -0.39 is 0 Å². The third kappa shape index (κ3) is 3.69. The maximum Gasteiger partial charge on any atom is 0.193 e. The van der Waals surface area contributed by atoms with Gasteiger partial charge in [0.1, 0.15) is 0 Å². The molecule has 23 heavy (non-hydrogen) atoms. The quantitative estimate of drug-likeness (QED) is 0.469. The minimum atomic E-state index is 0.276. The zero-order valence-corrected chi connectivity index (χ0v) is 15.6. The molecule has 0 saturated carbocycles. The smallest absolute Gasteiger partial charge is 0.193 e. The highest BCUT2D eigenvalue weighted by Crippen LogP contribution is 2.31. The molecule has 0 amide bonds. The van der Waals surface area contributed by atoms with Crippen LogP contribution in [0.4, 0.5) is 0 Å². The molecule has 0 aliphatic carbocycles. The second-order valence-corrected chi connectivity index (χ2v) is 8.24. The summed E-state index contributed by atoms with van der Waals surface area (Å²) in [4.78, 5) is 12.0. The molecule has 2 saturated heterocycles. The average molecular weight is 338 g/mol. The predicted molar refractivity (Wildman–Crippen MR) is 100 cm³/mol. The third-order valence-electron chi connectivity index (χ3n) is 5.64. The lowest BCUT2D eigenvalue weighted by Crippen LogP contribution is -2.55. The number of rotatable bonds is 4. The molecule has 0 radical (unpaired) electrons. The Morgan fingerprint density at radius 2 is 2.17 bits per heavy atom. The zero-order chi connectivity index (χ0) is 16.3. The van der Waals surface area contributed by atoms with Crippen molar-refractivity contribution in [3.8, 4) is 0 Å². The van der Waals surface area contributed by atoms with Crippen LogP contribution in [-0.2, 0) is 0 Å². The first-order valence-electron chi connectivity index (χ1n) is 8.74. The lowest BCUT2D eigenvalue weighted by atomic mass is 9.97. The molecule has 3 aliphatic heterocycles. The Morgan fingerprint density at radius 1 is 1.39 bits per heavy atom. The van der Waals surface area contributed by atoms with Gasteiger partial charge in [-0.2, -0.15) is 11.8 Å². The standard InChI is InChI=1S/C17H31N5S/c1-18-16(19-13-17(20(2)3)7-11-23-14-17)22-10-6-15(12-22)21-8-4-5-9-21/h4-5,15H,6-14H2,1-3H3,(H,18,19). The molecule has 6 heteroatoms. The second kappa shape index (κ2) is 7.45. The van der Waals surface area contributed by atoms with Crippen LogP contribution in [0.15, 0.2) is 17.1 Å². The molecule has 3 heterocycles. The van der Waals surface area contributed by atoms with Crippen molar-refractivity contribution in [2.24, 2.45) is 4.99 Å². The Morgan fingerprint density at radius 3 is 2.78 bits per heavy atom. The van der Waals surface area contributed by atoms with Gasteiger partial charge in [0, 0.05) is 57.1 Å². The van der Waals surface area contributed by atoms with Gasteiger partial charge in [-0.15, -0.1) is 0 Å². The number of nitrogens with zero attached hydrogens (tertiary/aromatic N) is 4. The van der Waals surface area contributed by atoms with Crippen molar-refractivity contribution in [2.75, 3.05) is 65.4 Å². The topological polar surface area (TPSA) is 34.1 Å². The molecule has 5 nitrogen and oxygen atoms in total. The Balaban J connectivity index is 1.54. The van der Waals surface area contributed by atoms with Gasteiger partial charge in [-0.3, -0.25) is 9.89 Å². The van der Waals surface area contributed by atoms with Crippen LogP contribution < -0.4 is 5.32 Å². The number of likely N-dealkylation sites (tertiary alicyclic amines) is 1. The summed E-state index contributed by atoms with van der Waals surface area (Å²) in [5, 5.41) is 3.67. The molecule has 0 aromatic heterocycles. The molecule has 1 N–H and O–H groups in total. The molecule has 130 valence electrons. The van der Waals surface area contributed by atoms with Gasteiger partial charge in [-0.25, -0.2) is 0 Å². The Kier molecular flexibility index (Phi) is 5.54. The van der Waals surface area contributed by atoms with E-state index in [2.05, 4.69) is 63.0 Å². The molecular formula is C17H31N5S. The first kappa shape index (κ1) is 17.1. The van der Waals surface area contributed by atoms with Crippen LogP contribution >= 0.6 is 11.8 Å². The maximum absolute atomic E-state index is 4.55.